The molecule has 0 aliphatic rings. The van der Waals surface area contributed by atoms with Gasteiger partial charge >= 0.3 is 5.97 Å². The summed E-state index contributed by atoms with van der Waals surface area (Å²) in [5.74, 6) is -2.28. The van der Waals surface area contributed by atoms with Crippen LogP contribution in [0.4, 0.5) is 0 Å². The number of carboxylic acid groups (broad SMARTS) is 1. The van der Waals surface area contributed by atoms with Crippen LogP contribution in [0.2, 0.25) is 0 Å². The molecule has 0 saturated heterocycles. The zero-order valence-electron chi connectivity index (χ0n) is 9.39. The van der Waals surface area contributed by atoms with Crippen molar-refractivity contribution in [2.75, 3.05) is 12.3 Å². The molecule has 0 spiro atoms. The molecule has 0 aliphatic carbocycles. The monoisotopic (exact) mass is 251 g/mol. The van der Waals surface area contributed by atoms with Crippen molar-refractivity contribution >= 4 is 21.7 Å². The lowest BCUT2D eigenvalue weighted by Crippen LogP contribution is -2.39. The fourth-order valence-corrected chi connectivity index (χ4v) is 2.18. The standard InChI is InChI=1S/C9H17NO5S/c1-3-5-10-9(13)7(2)16(14,15)6-4-8(11)12/h7H,3-6H2,1-2H3,(H,10,13)(H,11,12). The van der Waals surface area contributed by atoms with Crippen molar-refractivity contribution in [3.63, 3.8) is 0 Å². The van der Waals surface area contributed by atoms with E-state index >= 15 is 0 Å². The maximum absolute atomic E-state index is 11.5. The van der Waals surface area contributed by atoms with Gasteiger partial charge in [0.05, 0.1) is 12.2 Å². The fourth-order valence-electron chi connectivity index (χ4n) is 0.961. The summed E-state index contributed by atoms with van der Waals surface area (Å²) in [5, 5.41) is 9.64. The number of amides is 1. The van der Waals surface area contributed by atoms with E-state index in [2.05, 4.69) is 5.32 Å². The molecule has 7 heteroatoms. The fraction of sp³-hybridized carbons (Fsp3) is 0.778. The summed E-state index contributed by atoms with van der Waals surface area (Å²) >= 11 is 0. The van der Waals surface area contributed by atoms with Crippen LogP contribution in [0.15, 0.2) is 0 Å². The Morgan fingerprint density at radius 3 is 2.38 bits per heavy atom. The number of carbonyl (C=O) groups excluding carboxylic acids is 1. The quantitative estimate of drug-likeness (QED) is 0.652. The normalized spacial score (nSPS) is 13.1. The van der Waals surface area contributed by atoms with Crippen molar-refractivity contribution in [2.45, 2.75) is 31.9 Å². The molecule has 2 N–H and O–H groups in total. The Morgan fingerprint density at radius 1 is 1.38 bits per heavy atom. The molecule has 1 amide bonds. The van der Waals surface area contributed by atoms with E-state index in [-0.39, 0.29) is 0 Å². The third kappa shape index (κ3) is 5.11. The summed E-state index contributed by atoms with van der Waals surface area (Å²) in [6.45, 7) is 3.53. The van der Waals surface area contributed by atoms with Crippen LogP contribution in [0, 0.1) is 0 Å². The summed E-state index contributed by atoms with van der Waals surface area (Å²) in [4.78, 5) is 21.6. The summed E-state index contributed by atoms with van der Waals surface area (Å²) in [5.41, 5.74) is 0. The number of hydrogen-bond donors (Lipinski definition) is 2. The van der Waals surface area contributed by atoms with Gasteiger partial charge in [0.2, 0.25) is 5.91 Å². The van der Waals surface area contributed by atoms with Crippen LogP contribution in [-0.2, 0) is 19.4 Å². The molecule has 0 rings (SSSR count). The number of rotatable bonds is 7. The lowest BCUT2D eigenvalue weighted by atomic mass is 10.4. The first kappa shape index (κ1) is 14.9. The summed E-state index contributed by atoms with van der Waals surface area (Å²) in [6, 6.07) is 0. The summed E-state index contributed by atoms with van der Waals surface area (Å²) in [7, 11) is -3.68. The van der Waals surface area contributed by atoms with Crippen molar-refractivity contribution in [3.05, 3.63) is 0 Å². The summed E-state index contributed by atoms with van der Waals surface area (Å²) < 4.78 is 23.0. The van der Waals surface area contributed by atoms with E-state index < -0.39 is 39.1 Å². The van der Waals surface area contributed by atoms with Gasteiger partial charge in [0.15, 0.2) is 9.84 Å². The van der Waals surface area contributed by atoms with Gasteiger partial charge < -0.3 is 10.4 Å². The third-order valence-corrected chi connectivity index (χ3v) is 4.12. The molecule has 0 aromatic rings. The molecule has 94 valence electrons. The van der Waals surface area contributed by atoms with Crippen LogP contribution < -0.4 is 5.32 Å². The molecule has 16 heavy (non-hydrogen) atoms. The minimum atomic E-state index is -3.68. The highest BCUT2D eigenvalue weighted by atomic mass is 32.2. The van der Waals surface area contributed by atoms with Gasteiger partial charge in [0.1, 0.15) is 5.25 Å². The highest BCUT2D eigenvalue weighted by Crippen LogP contribution is 2.04. The lowest BCUT2D eigenvalue weighted by Gasteiger charge is -2.11. The van der Waals surface area contributed by atoms with E-state index in [4.69, 9.17) is 5.11 Å². The van der Waals surface area contributed by atoms with Gasteiger partial charge in [-0.1, -0.05) is 6.92 Å². The Labute approximate surface area is 95.0 Å². The zero-order chi connectivity index (χ0) is 12.8. The Morgan fingerprint density at radius 2 is 1.94 bits per heavy atom. The molecule has 0 radical (unpaired) electrons. The average Bonchev–Trinajstić information content (AvgIpc) is 2.22. The van der Waals surface area contributed by atoms with Gasteiger partial charge in [-0.15, -0.1) is 0 Å². The number of carbonyl (C=O) groups is 2. The van der Waals surface area contributed by atoms with Gasteiger partial charge in [0, 0.05) is 6.54 Å². The van der Waals surface area contributed by atoms with E-state index in [1.165, 1.54) is 6.92 Å². The molecular formula is C9H17NO5S. The van der Waals surface area contributed by atoms with E-state index in [9.17, 15) is 18.0 Å². The van der Waals surface area contributed by atoms with E-state index in [0.717, 1.165) is 0 Å². The smallest absolute Gasteiger partial charge is 0.304 e. The molecule has 1 unspecified atom stereocenters. The van der Waals surface area contributed by atoms with Gasteiger partial charge in [-0.3, -0.25) is 9.59 Å². The Hall–Kier alpha value is -1.11. The third-order valence-electron chi connectivity index (χ3n) is 2.06. The number of carboxylic acids is 1. The van der Waals surface area contributed by atoms with Crippen molar-refractivity contribution < 1.29 is 23.1 Å². The van der Waals surface area contributed by atoms with Crippen LogP contribution in [0.1, 0.15) is 26.7 Å². The molecular weight excluding hydrogens is 234 g/mol. The number of aliphatic carboxylic acids is 1. The molecule has 0 aromatic heterocycles. The van der Waals surface area contributed by atoms with Crippen molar-refractivity contribution in [2.24, 2.45) is 0 Å². The van der Waals surface area contributed by atoms with Crippen LogP contribution in [0.5, 0.6) is 0 Å². The topological polar surface area (TPSA) is 101 Å². The van der Waals surface area contributed by atoms with Crippen LogP contribution in [0.3, 0.4) is 0 Å². The van der Waals surface area contributed by atoms with Crippen LogP contribution >= 0.6 is 0 Å². The van der Waals surface area contributed by atoms with Crippen molar-refractivity contribution in [1.82, 2.24) is 5.32 Å². The molecule has 0 aromatic carbocycles. The van der Waals surface area contributed by atoms with Crippen LogP contribution in [-0.4, -0.2) is 42.9 Å². The second-order valence-corrected chi connectivity index (χ2v) is 5.89. The predicted octanol–water partition coefficient (Wildman–Crippen LogP) is -0.209. The predicted molar refractivity (Wildman–Crippen MR) is 58.8 cm³/mol. The second kappa shape index (κ2) is 6.47. The van der Waals surface area contributed by atoms with Crippen molar-refractivity contribution in [3.8, 4) is 0 Å². The van der Waals surface area contributed by atoms with Gasteiger partial charge in [-0.05, 0) is 13.3 Å². The van der Waals surface area contributed by atoms with E-state index in [0.29, 0.717) is 13.0 Å². The zero-order valence-corrected chi connectivity index (χ0v) is 10.2. The van der Waals surface area contributed by atoms with E-state index in [1.54, 1.807) is 0 Å². The molecule has 0 aliphatic heterocycles. The number of nitrogens with one attached hydrogen (secondary N) is 1. The highest BCUT2D eigenvalue weighted by Gasteiger charge is 2.27. The maximum Gasteiger partial charge on any atom is 0.304 e. The van der Waals surface area contributed by atoms with Gasteiger partial charge in [-0.2, -0.15) is 0 Å². The van der Waals surface area contributed by atoms with Gasteiger partial charge in [-0.25, -0.2) is 8.42 Å². The number of sulfone groups is 1. The first-order valence-corrected chi connectivity index (χ1v) is 6.74. The molecule has 0 saturated carbocycles. The molecule has 0 heterocycles. The first-order chi connectivity index (χ1) is 7.31. The minimum absolute atomic E-state index is 0.414. The highest BCUT2D eigenvalue weighted by molar-refractivity contribution is 7.92. The molecule has 6 nitrogen and oxygen atoms in total. The lowest BCUT2D eigenvalue weighted by molar-refractivity contribution is -0.136. The SMILES string of the molecule is CCCNC(=O)C(C)S(=O)(=O)CCC(=O)O. The van der Waals surface area contributed by atoms with Crippen LogP contribution in [0.25, 0.3) is 0 Å². The average molecular weight is 251 g/mol. The molecule has 0 fully saturated rings. The van der Waals surface area contributed by atoms with Gasteiger partial charge in [0.25, 0.3) is 0 Å². The molecule has 0 bridgehead atoms. The van der Waals surface area contributed by atoms with Crippen molar-refractivity contribution in [1.29, 1.82) is 0 Å². The maximum atomic E-state index is 11.5. The second-order valence-electron chi connectivity index (χ2n) is 3.44. The Balaban J connectivity index is 4.39. The molecule has 1 atom stereocenters. The number of hydrogen-bond acceptors (Lipinski definition) is 4. The first-order valence-electron chi connectivity index (χ1n) is 5.02. The minimum Gasteiger partial charge on any atom is -0.481 e. The van der Waals surface area contributed by atoms with E-state index in [1.807, 2.05) is 6.92 Å². The Kier molecular flexibility index (Phi) is 6.02. The Bertz CT molecular complexity index is 349. The summed E-state index contributed by atoms with van der Waals surface area (Å²) in [6.07, 6.45) is 0.237. The largest absolute Gasteiger partial charge is 0.481 e.